The Balaban J connectivity index is 2.07. The Morgan fingerprint density at radius 1 is 0.969 bits per heavy atom. The maximum atomic E-state index is 10.9. The van der Waals surface area contributed by atoms with E-state index in [1.54, 1.807) is 0 Å². The van der Waals surface area contributed by atoms with Crippen molar-refractivity contribution in [3.63, 3.8) is 0 Å². The van der Waals surface area contributed by atoms with Gasteiger partial charge in [-0.05, 0) is 51.4 Å². The topological polar surface area (TPSA) is 76.0 Å². The molecule has 1 rings (SSSR count). The summed E-state index contributed by atoms with van der Waals surface area (Å²) in [6.07, 6.45) is 24.1. The molecule has 188 valence electrons. The molecule has 0 amide bonds. The molecule has 0 saturated carbocycles. The van der Waals surface area contributed by atoms with Crippen LogP contribution >= 0.6 is 0 Å². The zero-order valence-corrected chi connectivity index (χ0v) is 20.6. The summed E-state index contributed by atoms with van der Waals surface area (Å²) in [4.78, 5) is 10.9. The number of hydrogen-bond donors (Lipinski definition) is 2. The van der Waals surface area contributed by atoms with Crippen molar-refractivity contribution in [1.82, 2.24) is 0 Å². The van der Waals surface area contributed by atoms with Gasteiger partial charge in [-0.2, -0.15) is 0 Å². The molecule has 1 saturated heterocycles. The fraction of sp³-hybridized carbons (Fsp3) is 0.889. The van der Waals surface area contributed by atoms with Crippen LogP contribution in [0.2, 0.25) is 0 Å². The highest BCUT2D eigenvalue weighted by atomic mass is 16.7. The molecule has 5 heteroatoms. The summed E-state index contributed by atoms with van der Waals surface area (Å²) in [6, 6.07) is 0. The van der Waals surface area contributed by atoms with Gasteiger partial charge in [0.25, 0.3) is 0 Å². The molecule has 3 atom stereocenters. The molecule has 0 spiro atoms. The van der Waals surface area contributed by atoms with Gasteiger partial charge in [-0.3, -0.25) is 4.79 Å². The van der Waals surface area contributed by atoms with Gasteiger partial charge in [-0.25, -0.2) is 0 Å². The molecule has 0 radical (unpaired) electrons. The second-order valence-electron chi connectivity index (χ2n) is 9.41. The van der Waals surface area contributed by atoms with Crippen molar-refractivity contribution in [2.75, 3.05) is 6.61 Å². The predicted molar refractivity (Wildman–Crippen MR) is 131 cm³/mol. The first-order valence-electron chi connectivity index (χ1n) is 13.4. The molecule has 0 aromatic carbocycles. The molecular weight excluding hydrogens is 404 g/mol. The normalized spacial score (nSPS) is 18.8. The molecule has 1 heterocycles. The number of unbranched alkanes of at least 4 members (excludes halogenated alkanes) is 11. The maximum absolute atomic E-state index is 10.9. The highest BCUT2D eigenvalue weighted by molar-refractivity contribution is 5.67. The van der Waals surface area contributed by atoms with Crippen LogP contribution in [-0.4, -0.2) is 41.3 Å². The monoisotopic (exact) mass is 454 g/mol. The van der Waals surface area contributed by atoms with Crippen molar-refractivity contribution in [3.05, 3.63) is 12.2 Å². The minimum absolute atomic E-state index is 0.127. The fourth-order valence-corrected chi connectivity index (χ4v) is 4.31. The first-order chi connectivity index (χ1) is 15.6. The van der Waals surface area contributed by atoms with Crippen LogP contribution in [0.25, 0.3) is 0 Å². The van der Waals surface area contributed by atoms with E-state index in [9.17, 15) is 9.90 Å². The van der Waals surface area contributed by atoms with Gasteiger partial charge in [-0.15, -0.1) is 0 Å². The van der Waals surface area contributed by atoms with E-state index >= 15 is 0 Å². The number of carbonyl (C=O) groups is 1. The Hall–Kier alpha value is -0.910. The van der Waals surface area contributed by atoms with E-state index in [1.165, 1.54) is 70.6 Å². The second-order valence-corrected chi connectivity index (χ2v) is 9.41. The van der Waals surface area contributed by atoms with Gasteiger partial charge < -0.3 is 19.7 Å². The van der Waals surface area contributed by atoms with E-state index in [2.05, 4.69) is 19.1 Å². The lowest BCUT2D eigenvalue weighted by Crippen LogP contribution is -2.31. The molecule has 0 bridgehead atoms. The van der Waals surface area contributed by atoms with Crippen molar-refractivity contribution >= 4 is 5.97 Å². The van der Waals surface area contributed by atoms with Crippen LogP contribution in [0.4, 0.5) is 0 Å². The average Bonchev–Trinajstić information content (AvgIpc) is 2.76. The summed E-state index contributed by atoms with van der Waals surface area (Å²) in [5, 5.41) is 18.9. The largest absolute Gasteiger partial charge is 0.481 e. The molecule has 1 fully saturated rings. The second kappa shape index (κ2) is 20.7. The summed E-state index contributed by atoms with van der Waals surface area (Å²) in [7, 11) is 0. The van der Waals surface area contributed by atoms with Crippen LogP contribution in [0, 0.1) is 0 Å². The third-order valence-corrected chi connectivity index (χ3v) is 6.22. The lowest BCUT2D eigenvalue weighted by molar-refractivity contribution is -0.194. The molecular formula is C27H50O5. The minimum atomic E-state index is -0.966. The Morgan fingerprint density at radius 2 is 1.59 bits per heavy atom. The fourth-order valence-electron chi connectivity index (χ4n) is 4.31. The van der Waals surface area contributed by atoms with Crippen LogP contribution in [0.3, 0.4) is 0 Å². The minimum Gasteiger partial charge on any atom is -0.481 e. The average molecular weight is 455 g/mol. The highest BCUT2D eigenvalue weighted by Crippen LogP contribution is 2.21. The first-order valence-corrected chi connectivity index (χ1v) is 13.4. The van der Waals surface area contributed by atoms with Crippen molar-refractivity contribution in [1.29, 1.82) is 0 Å². The number of hydrogen-bond acceptors (Lipinski definition) is 4. The van der Waals surface area contributed by atoms with Gasteiger partial charge in [0.2, 0.25) is 0 Å². The Labute approximate surface area is 197 Å². The van der Waals surface area contributed by atoms with Crippen molar-refractivity contribution in [3.8, 4) is 0 Å². The zero-order valence-electron chi connectivity index (χ0n) is 20.6. The number of carboxylic acids is 1. The maximum Gasteiger partial charge on any atom is 0.305 e. The van der Waals surface area contributed by atoms with Gasteiger partial charge >= 0.3 is 5.97 Å². The van der Waals surface area contributed by atoms with E-state index < -0.39 is 12.1 Å². The first kappa shape index (κ1) is 29.1. The van der Waals surface area contributed by atoms with Crippen LogP contribution < -0.4 is 0 Å². The molecule has 1 aliphatic heterocycles. The molecule has 1 unspecified atom stereocenters. The van der Waals surface area contributed by atoms with Crippen molar-refractivity contribution in [2.45, 2.75) is 147 Å². The van der Waals surface area contributed by atoms with Gasteiger partial charge in [0.05, 0.1) is 18.6 Å². The van der Waals surface area contributed by atoms with Crippen LogP contribution in [0.1, 0.15) is 129 Å². The Kier molecular flexibility index (Phi) is 18.8. The van der Waals surface area contributed by atoms with E-state index in [-0.39, 0.29) is 18.8 Å². The summed E-state index contributed by atoms with van der Waals surface area (Å²) >= 11 is 0. The smallest absolute Gasteiger partial charge is 0.305 e. The summed E-state index contributed by atoms with van der Waals surface area (Å²) < 4.78 is 11.8. The lowest BCUT2D eigenvalue weighted by Gasteiger charge is -2.29. The number of ether oxygens (including phenoxy) is 2. The summed E-state index contributed by atoms with van der Waals surface area (Å²) in [6.45, 7) is 2.99. The van der Waals surface area contributed by atoms with E-state index in [0.717, 1.165) is 45.1 Å². The number of carboxylic acid groups (broad SMARTS) is 1. The molecule has 5 nitrogen and oxygen atoms in total. The summed E-state index contributed by atoms with van der Waals surface area (Å²) in [5.74, 6) is -0.966. The number of allylic oxidation sites excluding steroid dienone is 2. The van der Waals surface area contributed by atoms with Crippen molar-refractivity contribution < 1.29 is 24.5 Å². The molecule has 32 heavy (non-hydrogen) atoms. The van der Waals surface area contributed by atoms with E-state index in [0.29, 0.717) is 6.42 Å². The van der Waals surface area contributed by atoms with E-state index in [4.69, 9.17) is 14.6 Å². The van der Waals surface area contributed by atoms with Crippen LogP contribution in [0.5, 0.6) is 0 Å². The van der Waals surface area contributed by atoms with Gasteiger partial charge in [0.1, 0.15) is 0 Å². The number of rotatable bonds is 21. The van der Waals surface area contributed by atoms with Crippen molar-refractivity contribution in [2.24, 2.45) is 0 Å². The molecule has 1 aliphatic rings. The molecule has 0 aromatic rings. The van der Waals surface area contributed by atoms with Gasteiger partial charge in [-0.1, -0.05) is 76.9 Å². The molecule has 0 aromatic heterocycles. The Morgan fingerprint density at radius 3 is 2.19 bits per heavy atom. The Bertz CT molecular complexity index is 459. The van der Waals surface area contributed by atoms with Gasteiger partial charge in [0.15, 0.2) is 6.29 Å². The number of aliphatic hydroxyl groups is 1. The highest BCUT2D eigenvalue weighted by Gasteiger charge is 2.23. The summed E-state index contributed by atoms with van der Waals surface area (Å²) in [5.41, 5.74) is 0. The predicted octanol–water partition coefficient (Wildman–Crippen LogP) is 7.16. The lowest BCUT2D eigenvalue weighted by atomic mass is 10.0. The molecule has 2 N–H and O–H groups in total. The van der Waals surface area contributed by atoms with Crippen LogP contribution in [-0.2, 0) is 14.3 Å². The molecule has 0 aliphatic carbocycles. The number of aliphatic hydroxyl groups excluding tert-OH is 1. The third-order valence-electron chi connectivity index (χ3n) is 6.22. The number of aliphatic carboxylic acids is 1. The zero-order chi connectivity index (χ0) is 23.3. The van der Waals surface area contributed by atoms with Gasteiger partial charge in [0, 0.05) is 13.0 Å². The quantitative estimate of drug-likeness (QED) is 0.142. The standard InChI is InChI=1S/C27H50O5/c1-2-3-4-5-6-7-8-9-10-11-12-13-14-15-16-19-25(22-24(28)23-26(29)30)32-27-20-17-18-21-31-27/h9-10,24-25,27-28H,2-8,11-23H2,1H3,(H,29,30)/t24-,25-,27?/m0/s1. The SMILES string of the molecule is CCCCCCCCC=CCCCCCCC[C@@H](C[C@H](O)CC(=O)O)OC1CCCCO1. The van der Waals surface area contributed by atoms with Crippen LogP contribution in [0.15, 0.2) is 12.2 Å². The van der Waals surface area contributed by atoms with E-state index in [1.807, 2.05) is 0 Å². The third kappa shape index (κ3) is 17.6.